The van der Waals surface area contributed by atoms with Crippen molar-refractivity contribution in [2.45, 2.75) is 13.5 Å². The minimum absolute atomic E-state index is 0.126. The predicted octanol–water partition coefficient (Wildman–Crippen LogP) is 2.16. The first-order valence-corrected chi connectivity index (χ1v) is 6.09. The number of hydrogen-bond acceptors (Lipinski definition) is 4. The highest BCUT2D eigenvalue weighted by Gasteiger charge is 2.11. The number of nitrogens with zero attached hydrogens (tertiary/aromatic N) is 1. The van der Waals surface area contributed by atoms with Crippen LogP contribution in [-0.2, 0) is 6.54 Å². The molecule has 0 saturated heterocycles. The highest BCUT2D eigenvalue weighted by Crippen LogP contribution is 2.16. The van der Waals surface area contributed by atoms with Gasteiger partial charge in [0.1, 0.15) is 4.88 Å². The van der Waals surface area contributed by atoms with Crippen molar-refractivity contribution in [2.75, 3.05) is 5.32 Å². The van der Waals surface area contributed by atoms with Gasteiger partial charge in [0.2, 0.25) is 0 Å². The summed E-state index contributed by atoms with van der Waals surface area (Å²) in [5.41, 5.74) is 9.71. The lowest BCUT2D eigenvalue weighted by molar-refractivity contribution is 0.103. The van der Waals surface area contributed by atoms with Gasteiger partial charge >= 0.3 is 0 Å². The molecule has 0 atom stereocenters. The molecule has 1 heterocycles. The van der Waals surface area contributed by atoms with Gasteiger partial charge in [-0.3, -0.25) is 4.79 Å². The molecule has 88 valence electrons. The van der Waals surface area contributed by atoms with Crippen molar-refractivity contribution in [1.29, 1.82) is 0 Å². The normalized spacial score (nSPS) is 10.2. The number of rotatable bonds is 3. The van der Waals surface area contributed by atoms with E-state index in [0.29, 0.717) is 11.4 Å². The number of aryl methyl sites for hydroxylation is 1. The molecule has 1 amide bonds. The third kappa shape index (κ3) is 2.69. The molecule has 17 heavy (non-hydrogen) atoms. The summed E-state index contributed by atoms with van der Waals surface area (Å²) in [5, 5.41) is 2.84. The van der Waals surface area contributed by atoms with Crippen LogP contribution in [-0.4, -0.2) is 10.9 Å². The van der Waals surface area contributed by atoms with Crippen molar-refractivity contribution < 1.29 is 4.79 Å². The summed E-state index contributed by atoms with van der Waals surface area (Å²) in [5.74, 6) is -0.126. The van der Waals surface area contributed by atoms with E-state index in [1.54, 1.807) is 5.51 Å². The fraction of sp³-hybridized carbons (Fsp3) is 0.167. The van der Waals surface area contributed by atoms with Gasteiger partial charge in [0.05, 0.1) is 11.2 Å². The maximum Gasteiger partial charge on any atom is 0.267 e. The molecule has 5 heteroatoms. The van der Waals surface area contributed by atoms with Gasteiger partial charge in [-0.1, -0.05) is 12.1 Å². The van der Waals surface area contributed by atoms with Gasteiger partial charge in [-0.05, 0) is 24.6 Å². The third-order valence-electron chi connectivity index (χ3n) is 2.37. The number of hydrogen-bond donors (Lipinski definition) is 2. The molecule has 0 radical (unpaired) electrons. The number of thiazole rings is 1. The zero-order chi connectivity index (χ0) is 12.3. The van der Waals surface area contributed by atoms with E-state index >= 15 is 0 Å². The van der Waals surface area contributed by atoms with E-state index < -0.39 is 0 Å². The Kier molecular flexibility index (Phi) is 3.51. The number of carbonyl (C=O) groups excluding carboxylic acids is 1. The van der Waals surface area contributed by atoms with Gasteiger partial charge in [0.25, 0.3) is 5.91 Å². The molecule has 2 rings (SSSR count). The maximum absolute atomic E-state index is 11.9. The van der Waals surface area contributed by atoms with Crippen molar-refractivity contribution >= 4 is 22.9 Å². The zero-order valence-electron chi connectivity index (χ0n) is 9.43. The van der Waals surface area contributed by atoms with E-state index in [1.165, 1.54) is 11.3 Å². The lowest BCUT2D eigenvalue weighted by atomic mass is 10.2. The van der Waals surface area contributed by atoms with Gasteiger partial charge in [0.15, 0.2) is 0 Å². The van der Waals surface area contributed by atoms with Crippen molar-refractivity contribution in [3.05, 3.63) is 45.9 Å². The van der Waals surface area contributed by atoms with E-state index in [1.807, 2.05) is 31.2 Å². The number of nitrogens with one attached hydrogen (secondary N) is 1. The molecule has 2 aromatic rings. The van der Waals surface area contributed by atoms with E-state index in [0.717, 1.165) is 16.9 Å². The summed E-state index contributed by atoms with van der Waals surface area (Å²) in [6.07, 6.45) is 0. The molecule has 0 bridgehead atoms. The van der Waals surface area contributed by atoms with Crippen LogP contribution < -0.4 is 11.1 Å². The number of nitrogens with two attached hydrogens (primary N) is 1. The largest absolute Gasteiger partial charge is 0.326 e. The van der Waals surface area contributed by atoms with Gasteiger partial charge in [-0.15, -0.1) is 11.3 Å². The first kappa shape index (κ1) is 11.8. The average Bonchev–Trinajstić information content (AvgIpc) is 2.76. The molecule has 0 unspecified atom stereocenters. The van der Waals surface area contributed by atoms with Crippen molar-refractivity contribution in [3.63, 3.8) is 0 Å². The van der Waals surface area contributed by atoms with E-state index in [9.17, 15) is 4.79 Å². The quantitative estimate of drug-likeness (QED) is 0.873. The predicted molar refractivity (Wildman–Crippen MR) is 69.1 cm³/mol. The minimum atomic E-state index is -0.126. The summed E-state index contributed by atoms with van der Waals surface area (Å²) in [7, 11) is 0. The summed E-state index contributed by atoms with van der Waals surface area (Å²) in [6.45, 7) is 2.28. The number of benzene rings is 1. The fourth-order valence-electron chi connectivity index (χ4n) is 1.48. The Morgan fingerprint density at radius 2 is 2.35 bits per heavy atom. The Morgan fingerprint density at radius 3 is 3.00 bits per heavy atom. The third-order valence-corrected chi connectivity index (χ3v) is 3.30. The molecule has 1 aromatic carbocycles. The van der Waals surface area contributed by atoms with Gasteiger partial charge in [0, 0.05) is 12.2 Å². The van der Waals surface area contributed by atoms with Crippen LogP contribution in [0.4, 0.5) is 5.69 Å². The second-order valence-corrected chi connectivity index (χ2v) is 4.48. The molecule has 0 aliphatic carbocycles. The monoisotopic (exact) mass is 247 g/mol. The second-order valence-electron chi connectivity index (χ2n) is 3.63. The zero-order valence-corrected chi connectivity index (χ0v) is 10.3. The van der Waals surface area contributed by atoms with E-state index in [2.05, 4.69) is 10.3 Å². The summed E-state index contributed by atoms with van der Waals surface area (Å²) in [4.78, 5) is 16.6. The summed E-state index contributed by atoms with van der Waals surface area (Å²) < 4.78 is 0. The lowest BCUT2D eigenvalue weighted by Crippen LogP contribution is -2.12. The Morgan fingerprint density at radius 1 is 1.53 bits per heavy atom. The molecule has 4 nitrogen and oxygen atoms in total. The van der Waals surface area contributed by atoms with Crippen molar-refractivity contribution in [1.82, 2.24) is 4.98 Å². The van der Waals surface area contributed by atoms with Gasteiger partial charge in [-0.25, -0.2) is 4.98 Å². The molecule has 0 aliphatic heterocycles. The Bertz CT molecular complexity index is 536. The molecule has 0 aliphatic rings. The molecule has 1 aromatic heterocycles. The Hall–Kier alpha value is -1.72. The molecule has 0 saturated carbocycles. The lowest BCUT2D eigenvalue weighted by Gasteiger charge is -2.05. The second kappa shape index (κ2) is 5.07. The van der Waals surface area contributed by atoms with Gasteiger partial charge in [-0.2, -0.15) is 0 Å². The molecular formula is C12H13N3OS. The molecule has 0 fully saturated rings. The minimum Gasteiger partial charge on any atom is -0.326 e. The Balaban J connectivity index is 2.16. The van der Waals surface area contributed by atoms with Crippen molar-refractivity contribution in [3.8, 4) is 0 Å². The average molecular weight is 247 g/mol. The van der Waals surface area contributed by atoms with Crippen LogP contribution in [0, 0.1) is 6.92 Å². The fourth-order valence-corrected chi connectivity index (χ4v) is 2.18. The van der Waals surface area contributed by atoms with Crippen LogP contribution >= 0.6 is 11.3 Å². The Labute approximate surface area is 103 Å². The SMILES string of the molecule is Cc1ncsc1C(=O)Nc1cccc(CN)c1. The summed E-state index contributed by atoms with van der Waals surface area (Å²) >= 11 is 1.34. The van der Waals surface area contributed by atoms with Crippen molar-refractivity contribution in [2.24, 2.45) is 5.73 Å². The highest BCUT2D eigenvalue weighted by atomic mass is 32.1. The van der Waals surface area contributed by atoms with Crippen LogP contribution in [0.5, 0.6) is 0 Å². The summed E-state index contributed by atoms with van der Waals surface area (Å²) in [6, 6.07) is 7.51. The van der Waals surface area contributed by atoms with Crippen LogP contribution in [0.25, 0.3) is 0 Å². The topological polar surface area (TPSA) is 68.0 Å². The van der Waals surface area contributed by atoms with Crippen LogP contribution in [0.15, 0.2) is 29.8 Å². The van der Waals surface area contributed by atoms with Crippen LogP contribution in [0.3, 0.4) is 0 Å². The first-order chi connectivity index (χ1) is 8.20. The molecule has 3 N–H and O–H groups in total. The van der Waals surface area contributed by atoms with Crippen LogP contribution in [0.1, 0.15) is 20.9 Å². The van der Waals surface area contributed by atoms with Crippen LogP contribution in [0.2, 0.25) is 0 Å². The molecule has 0 spiro atoms. The first-order valence-electron chi connectivity index (χ1n) is 5.21. The molecular weight excluding hydrogens is 234 g/mol. The van der Waals surface area contributed by atoms with E-state index in [-0.39, 0.29) is 5.91 Å². The standard InChI is InChI=1S/C12H13N3OS/c1-8-11(17-7-14-8)12(16)15-10-4-2-3-9(5-10)6-13/h2-5,7H,6,13H2,1H3,(H,15,16). The van der Waals surface area contributed by atoms with E-state index in [4.69, 9.17) is 5.73 Å². The number of amides is 1. The highest BCUT2D eigenvalue weighted by molar-refractivity contribution is 7.12. The number of carbonyl (C=O) groups is 1. The maximum atomic E-state index is 11.9. The number of anilines is 1. The number of aromatic nitrogens is 1. The van der Waals surface area contributed by atoms with Gasteiger partial charge < -0.3 is 11.1 Å². The smallest absolute Gasteiger partial charge is 0.267 e.